The Labute approximate surface area is 198 Å². The molecule has 34 heavy (non-hydrogen) atoms. The Balaban J connectivity index is 1.18. The molecule has 3 amide bonds. The van der Waals surface area contributed by atoms with Crippen molar-refractivity contribution in [2.24, 2.45) is 5.92 Å². The first-order valence-corrected chi connectivity index (χ1v) is 12.4. The maximum absolute atomic E-state index is 12.4. The Morgan fingerprint density at radius 1 is 1.06 bits per heavy atom. The van der Waals surface area contributed by atoms with Crippen molar-refractivity contribution in [3.8, 4) is 0 Å². The molecular formula is C26H30N6O2. The van der Waals surface area contributed by atoms with Crippen molar-refractivity contribution in [2.75, 3.05) is 11.4 Å². The van der Waals surface area contributed by atoms with E-state index in [9.17, 15) is 9.59 Å². The van der Waals surface area contributed by atoms with Gasteiger partial charge < -0.3 is 0 Å². The fourth-order valence-corrected chi connectivity index (χ4v) is 6.19. The van der Waals surface area contributed by atoms with Crippen LogP contribution < -0.4 is 10.2 Å². The summed E-state index contributed by atoms with van der Waals surface area (Å²) in [4.78, 5) is 32.6. The monoisotopic (exact) mass is 458 g/mol. The Bertz CT molecular complexity index is 1190. The predicted octanol–water partition coefficient (Wildman–Crippen LogP) is 3.55. The summed E-state index contributed by atoms with van der Waals surface area (Å²) < 4.78 is 1.81. The summed E-state index contributed by atoms with van der Waals surface area (Å²) in [7, 11) is 0. The summed E-state index contributed by atoms with van der Waals surface area (Å²) in [5, 5.41) is 6.84. The van der Waals surface area contributed by atoms with E-state index < -0.39 is 0 Å². The number of pyridine rings is 2. The minimum absolute atomic E-state index is 0.223. The molecule has 0 saturated carbocycles. The van der Waals surface area contributed by atoms with Crippen LogP contribution in [0.25, 0.3) is 5.52 Å². The van der Waals surface area contributed by atoms with E-state index in [0.717, 1.165) is 24.2 Å². The average Bonchev–Trinajstić information content (AvgIpc) is 3.23. The van der Waals surface area contributed by atoms with Crippen LogP contribution in [0.3, 0.4) is 0 Å². The molecule has 2 unspecified atom stereocenters. The normalized spacial score (nSPS) is 25.5. The summed E-state index contributed by atoms with van der Waals surface area (Å²) in [6.07, 6.45) is 15.2. The highest BCUT2D eigenvalue weighted by Gasteiger charge is 2.38. The van der Waals surface area contributed by atoms with Crippen LogP contribution in [0, 0.1) is 5.92 Å². The van der Waals surface area contributed by atoms with Gasteiger partial charge in [0.1, 0.15) is 0 Å². The number of piperidine rings is 2. The van der Waals surface area contributed by atoms with Crippen LogP contribution in [0.1, 0.15) is 49.7 Å². The number of rotatable bonds is 5. The van der Waals surface area contributed by atoms with Gasteiger partial charge in [0.15, 0.2) is 0 Å². The molecule has 0 radical (unpaired) electrons. The predicted molar refractivity (Wildman–Crippen MR) is 128 cm³/mol. The lowest BCUT2D eigenvalue weighted by Gasteiger charge is -2.49. The van der Waals surface area contributed by atoms with Gasteiger partial charge in [0.05, 0.1) is 17.4 Å². The summed E-state index contributed by atoms with van der Waals surface area (Å²) in [5.74, 6) is 0.434. The third-order valence-electron chi connectivity index (χ3n) is 7.75. The molecule has 6 rings (SSSR count). The zero-order chi connectivity index (χ0) is 23.1. The van der Waals surface area contributed by atoms with Gasteiger partial charge in [0.25, 0.3) is 0 Å². The first kappa shape index (κ1) is 21.3. The molecule has 0 aromatic carbocycles. The highest BCUT2D eigenvalue weighted by atomic mass is 16.2. The molecule has 1 N–H and O–H groups in total. The fraction of sp³-hybridized carbons (Fsp3) is 0.462. The second kappa shape index (κ2) is 8.83. The van der Waals surface area contributed by atoms with Gasteiger partial charge in [0.2, 0.25) is 5.91 Å². The number of nitrogens with zero attached hydrogens (tertiary/aromatic N) is 5. The third-order valence-corrected chi connectivity index (χ3v) is 7.75. The Kier molecular flexibility index (Phi) is 5.53. The Hall–Kier alpha value is -3.26. The molecule has 8 nitrogen and oxygen atoms in total. The Morgan fingerprint density at radius 3 is 2.68 bits per heavy atom. The van der Waals surface area contributed by atoms with E-state index in [0.29, 0.717) is 31.0 Å². The third kappa shape index (κ3) is 4.07. The maximum Gasteiger partial charge on any atom is 0.328 e. The summed E-state index contributed by atoms with van der Waals surface area (Å²) >= 11 is 0. The lowest BCUT2D eigenvalue weighted by Crippen LogP contribution is -2.51. The molecule has 3 aliphatic heterocycles. The number of anilines is 1. The summed E-state index contributed by atoms with van der Waals surface area (Å²) in [6, 6.07) is 9.45. The van der Waals surface area contributed by atoms with Gasteiger partial charge in [0, 0.05) is 50.2 Å². The number of amides is 3. The van der Waals surface area contributed by atoms with Crippen molar-refractivity contribution < 1.29 is 9.59 Å². The molecule has 3 saturated heterocycles. The topological polar surface area (TPSA) is 82.8 Å². The number of carbonyl (C=O) groups is 2. The van der Waals surface area contributed by atoms with E-state index in [1.54, 1.807) is 11.1 Å². The number of aromatic nitrogens is 3. The maximum atomic E-state index is 12.4. The summed E-state index contributed by atoms with van der Waals surface area (Å²) in [5.41, 5.74) is 4.26. The number of nitrogens with one attached hydrogen (secondary N) is 1. The number of hydrogen-bond donors (Lipinski definition) is 1. The number of hydrogen-bond acceptors (Lipinski definition) is 5. The number of carbonyl (C=O) groups excluding carboxylic acids is 2. The molecule has 3 aromatic heterocycles. The van der Waals surface area contributed by atoms with E-state index >= 15 is 0 Å². The van der Waals surface area contributed by atoms with Crippen LogP contribution in [0.15, 0.2) is 49.1 Å². The van der Waals surface area contributed by atoms with Crippen molar-refractivity contribution >= 4 is 23.1 Å². The van der Waals surface area contributed by atoms with Gasteiger partial charge in [-0.05, 0) is 67.3 Å². The SMILES string of the molecule is O=C1CCN(c2cnn3ccc(CC4CC5CCCC(C4)N5Cc4cccnc4)cc23)C(=O)N1. The minimum atomic E-state index is -0.370. The molecular weight excluding hydrogens is 428 g/mol. The van der Waals surface area contributed by atoms with Crippen molar-refractivity contribution in [3.63, 3.8) is 0 Å². The molecule has 6 heterocycles. The lowest BCUT2D eigenvalue weighted by molar-refractivity contribution is -0.120. The average molecular weight is 459 g/mol. The molecule has 3 fully saturated rings. The van der Waals surface area contributed by atoms with Gasteiger partial charge in [-0.1, -0.05) is 12.5 Å². The van der Waals surface area contributed by atoms with E-state index in [-0.39, 0.29) is 11.9 Å². The van der Waals surface area contributed by atoms with Gasteiger partial charge in [-0.3, -0.25) is 24.9 Å². The van der Waals surface area contributed by atoms with Crippen molar-refractivity contribution in [3.05, 3.63) is 60.2 Å². The Morgan fingerprint density at radius 2 is 1.91 bits per heavy atom. The first-order valence-electron chi connectivity index (χ1n) is 12.4. The highest BCUT2D eigenvalue weighted by Crippen LogP contribution is 2.39. The quantitative estimate of drug-likeness (QED) is 0.632. The number of imide groups is 1. The van der Waals surface area contributed by atoms with Crippen molar-refractivity contribution in [1.82, 2.24) is 24.8 Å². The fourth-order valence-electron chi connectivity index (χ4n) is 6.19. The second-order valence-corrected chi connectivity index (χ2v) is 9.96. The standard InChI is InChI=1S/C26H30N6O2/c33-25-7-9-30(26(34)29-25)24-16-28-32-10-6-18(14-23(24)32)11-20-12-21-4-1-5-22(13-20)31(21)17-19-3-2-8-27-15-19/h2-3,6,8,10,14-16,20-22H,1,4-5,7,9,11-13,17H2,(H,29,33,34). The minimum Gasteiger partial charge on any atom is -0.293 e. The van der Waals surface area contributed by atoms with Crippen LogP contribution in [0.2, 0.25) is 0 Å². The zero-order valence-electron chi connectivity index (χ0n) is 19.3. The summed E-state index contributed by atoms with van der Waals surface area (Å²) in [6.45, 7) is 1.39. The van der Waals surface area contributed by atoms with E-state index in [1.807, 2.05) is 29.2 Å². The molecule has 3 aliphatic rings. The first-order chi connectivity index (χ1) is 16.6. The van der Waals surface area contributed by atoms with Crippen LogP contribution in [0.4, 0.5) is 10.5 Å². The molecule has 2 bridgehead atoms. The smallest absolute Gasteiger partial charge is 0.293 e. The zero-order valence-corrected chi connectivity index (χ0v) is 19.3. The van der Waals surface area contributed by atoms with Crippen LogP contribution in [-0.2, 0) is 17.8 Å². The largest absolute Gasteiger partial charge is 0.328 e. The van der Waals surface area contributed by atoms with Crippen LogP contribution in [0.5, 0.6) is 0 Å². The van der Waals surface area contributed by atoms with Crippen LogP contribution in [-0.4, -0.2) is 50.1 Å². The van der Waals surface area contributed by atoms with Gasteiger partial charge in [-0.25, -0.2) is 9.31 Å². The molecule has 3 aromatic rings. The van der Waals surface area contributed by atoms with E-state index in [2.05, 4.69) is 38.5 Å². The van der Waals surface area contributed by atoms with Gasteiger partial charge in [-0.2, -0.15) is 5.10 Å². The highest BCUT2D eigenvalue weighted by molar-refractivity contribution is 6.07. The molecule has 2 atom stereocenters. The molecule has 176 valence electrons. The van der Waals surface area contributed by atoms with E-state index in [4.69, 9.17) is 0 Å². The molecule has 0 aliphatic carbocycles. The van der Waals surface area contributed by atoms with Crippen molar-refractivity contribution in [2.45, 2.75) is 63.6 Å². The lowest BCUT2D eigenvalue weighted by atomic mass is 9.76. The van der Waals surface area contributed by atoms with Gasteiger partial charge >= 0.3 is 6.03 Å². The van der Waals surface area contributed by atoms with Gasteiger partial charge in [-0.15, -0.1) is 0 Å². The van der Waals surface area contributed by atoms with Crippen LogP contribution >= 0.6 is 0 Å². The molecule has 8 heteroatoms. The van der Waals surface area contributed by atoms with Crippen molar-refractivity contribution in [1.29, 1.82) is 0 Å². The number of urea groups is 1. The molecule has 0 spiro atoms. The van der Waals surface area contributed by atoms with E-state index in [1.165, 1.54) is 43.2 Å². The number of fused-ring (bicyclic) bond motifs is 3. The second-order valence-electron chi connectivity index (χ2n) is 9.96.